The smallest absolute Gasteiger partial charge is 0.319 e. The monoisotopic (exact) mass is 340 g/mol. The lowest BCUT2D eigenvalue weighted by Crippen LogP contribution is -2.02. The van der Waals surface area contributed by atoms with Gasteiger partial charge in [0.25, 0.3) is 0 Å². The molecule has 0 saturated carbocycles. The number of ether oxygens (including phenoxy) is 2. The third-order valence-electron chi connectivity index (χ3n) is 2.14. The maximum Gasteiger partial charge on any atom is 0.319 e. The summed E-state index contributed by atoms with van der Waals surface area (Å²) in [7, 11) is 1.32. The largest absolute Gasteiger partial charge is 0.469 e. The van der Waals surface area contributed by atoms with E-state index in [0.29, 0.717) is 12.8 Å². The second kappa shape index (κ2) is 15.7. The molecule has 0 fully saturated rings. The van der Waals surface area contributed by atoms with Crippen molar-refractivity contribution in [2.24, 2.45) is 0 Å². The Hall–Kier alpha value is -3.70. The zero-order valence-electron chi connectivity index (χ0n) is 13.5. The number of unbranched alkanes of at least 4 members (excludes halogenated alkanes) is 1. The van der Waals surface area contributed by atoms with Gasteiger partial charge in [-0.1, -0.05) is 5.92 Å². The standard InChI is InChI=1S/C20H14O4.11H2/c1-3-4-5-6-7-8-9-10-11-12-15-18-24-20(22)17-14-13-16-19(21)23-2;;;;;;;;;;;/h13-14,16-17H2,1-2H3;11*1H. The highest BCUT2D eigenvalue weighted by atomic mass is 16.5. The van der Waals surface area contributed by atoms with Gasteiger partial charge in [-0.2, -0.15) is 0 Å². The summed E-state index contributed by atoms with van der Waals surface area (Å²) in [6.07, 6.45) is 3.70. The molecule has 0 N–H and O–H groups in total. The molecule has 0 aromatic heterocycles. The van der Waals surface area contributed by atoms with Crippen LogP contribution < -0.4 is 0 Å². The lowest BCUT2D eigenvalue weighted by atomic mass is 10.2. The number of methoxy groups -OCH3 is 1. The molecule has 0 saturated heterocycles. The van der Waals surface area contributed by atoms with Gasteiger partial charge in [-0.15, -0.1) is 0 Å². The Labute approximate surface area is 159 Å². The van der Waals surface area contributed by atoms with Crippen LogP contribution in [0, 0.1) is 71.2 Å². The Morgan fingerprint density at radius 2 is 1.21 bits per heavy atom. The van der Waals surface area contributed by atoms with Crippen LogP contribution in [0.5, 0.6) is 0 Å². The second-order valence-electron chi connectivity index (χ2n) is 3.86. The van der Waals surface area contributed by atoms with Crippen LogP contribution in [0.25, 0.3) is 0 Å². The first-order chi connectivity index (χ1) is 11.7. The van der Waals surface area contributed by atoms with Crippen LogP contribution in [0.3, 0.4) is 0 Å². The van der Waals surface area contributed by atoms with E-state index in [2.05, 4.69) is 80.7 Å². The fraction of sp³-hybridized carbons (Fsp3) is 0.300. The van der Waals surface area contributed by atoms with Gasteiger partial charge in [-0.25, -0.2) is 0 Å². The van der Waals surface area contributed by atoms with Crippen molar-refractivity contribution in [1.82, 2.24) is 0 Å². The molecule has 0 atom stereocenters. The minimum Gasteiger partial charge on any atom is -0.469 e. The Balaban J connectivity index is -0.0000000481. The van der Waals surface area contributed by atoms with E-state index in [9.17, 15) is 9.59 Å². The van der Waals surface area contributed by atoms with Crippen molar-refractivity contribution in [2.45, 2.75) is 32.6 Å². The van der Waals surface area contributed by atoms with E-state index in [1.807, 2.05) is 0 Å². The molecule has 0 unspecified atom stereocenters. The molecule has 0 heterocycles. The normalized spacial score (nSPS) is 6.58. The third kappa shape index (κ3) is 14.7. The Morgan fingerprint density at radius 1 is 0.750 bits per heavy atom. The molecule has 0 bridgehead atoms. The van der Waals surface area contributed by atoms with E-state index in [0.717, 1.165) is 0 Å². The van der Waals surface area contributed by atoms with Crippen LogP contribution in [-0.4, -0.2) is 19.0 Å². The van der Waals surface area contributed by atoms with Crippen molar-refractivity contribution < 1.29 is 34.8 Å². The Kier molecular flexibility index (Phi) is 13.3. The fourth-order valence-corrected chi connectivity index (χ4v) is 1.11. The van der Waals surface area contributed by atoms with Crippen LogP contribution in [-0.2, 0) is 19.1 Å². The Bertz CT molecular complexity index is 842. The van der Waals surface area contributed by atoms with Crippen molar-refractivity contribution in [3.63, 3.8) is 0 Å². The molecule has 0 aliphatic carbocycles. The highest BCUT2D eigenvalue weighted by Gasteiger charge is 2.03. The summed E-state index contributed by atoms with van der Waals surface area (Å²) in [5.41, 5.74) is 0. The van der Waals surface area contributed by atoms with Gasteiger partial charge in [-0.3, -0.25) is 9.59 Å². The summed E-state index contributed by atoms with van der Waals surface area (Å²) >= 11 is 0. The molecule has 0 aromatic rings. The molecule has 24 heavy (non-hydrogen) atoms. The molecule has 0 rings (SSSR count). The molecule has 140 valence electrons. The molecule has 4 heteroatoms. The first kappa shape index (κ1) is 20.3. The third-order valence-corrected chi connectivity index (χ3v) is 2.14. The number of carbonyl (C=O) groups excluding carboxylic acids is 2. The molecule has 0 spiro atoms. The van der Waals surface area contributed by atoms with Gasteiger partial charge in [0.05, 0.1) is 7.11 Å². The highest BCUT2D eigenvalue weighted by molar-refractivity contribution is 5.71. The van der Waals surface area contributed by atoms with E-state index in [1.54, 1.807) is 6.92 Å². The van der Waals surface area contributed by atoms with Crippen molar-refractivity contribution >= 4 is 11.9 Å². The maximum absolute atomic E-state index is 11.3. The lowest BCUT2D eigenvalue weighted by Gasteiger charge is -1.98. The topological polar surface area (TPSA) is 52.6 Å². The van der Waals surface area contributed by atoms with Gasteiger partial charge < -0.3 is 9.47 Å². The van der Waals surface area contributed by atoms with Crippen LogP contribution >= 0.6 is 0 Å². The van der Waals surface area contributed by atoms with Gasteiger partial charge in [-0.05, 0) is 49.4 Å². The summed E-state index contributed by atoms with van der Waals surface area (Å²) < 4.78 is 9.11. The summed E-state index contributed by atoms with van der Waals surface area (Å²) in [6, 6.07) is 0. The van der Waals surface area contributed by atoms with E-state index in [1.165, 1.54) is 7.11 Å². The van der Waals surface area contributed by atoms with Gasteiger partial charge in [0.2, 0.25) is 0 Å². The van der Waals surface area contributed by atoms with Crippen molar-refractivity contribution in [3.05, 3.63) is 0 Å². The van der Waals surface area contributed by atoms with Gasteiger partial charge in [0.15, 0.2) is 0 Å². The summed E-state index contributed by atoms with van der Waals surface area (Å²) in [5.74, 6) is 26.4. The van der Waals surface area contributed by atoms with E-state index >= 15 is 0 Å². The predicted octanol–water partition coefficient (Wildman–Crippen LogP) is 3.97. The van der Waals surface area contributed by atoms with E-state index in [-0.39, 0.29) is 34.5 Å². The summed E-state index contributed by atoms with van der Waals surface area (Å²) in [6.45, 7) is 1.68. The van der Waals surface area contributed by atoms with E-state index < -0.39 is 5.97 Å². The molecular formula is C20H36O4. The minimum atomic E-state index is -0.472. The second-order valence-corrected chi connectivity index (χ2v) is 3.86. The molecule has 0 amide bonds. The number of esters is 2. The van der Waals surface area contributed by atoms with Crippen LogP contribution in [0.15, 0.2) is 0 Å². The fourth-order valence-electron chi connectivity index (χ4n) is 1.11. The number of rotatable bonds is 5. The predicted molar refractivity (Wildman–Crippen MR) is 112 cm³/mol. The van der Waals surface area contributed by atoms with Gasteiger partial charge in [0.1, 0.15) is 6.11 Å². The molecule has 0 radical (unpaired) electrons. The van der Waals surface area contributed by atoms with Crippen LogP contribution in [0.1, 0.15) is 48.3 Å². The maximum atomic E-state index is 11.3. The molecule has 0 aliphatic heterocycles. The molecule has 0 aromatic carbocycles. The first-order valence-corrected chi connectivity index (χ1v) is 6.89. The molecule has 4 nitrogen and oxygen atoms in total. The zero-order valence-corrected chi connectivity index (χ0v) is 13.5. The lowest BCUT2D eigenvalue weighted by molar-refractivity contribution is -0.141. The summed E-state index contributed by atoms with van der Waals surface area (Å²) in [4.78, 5) is 22.1. The van der Waals surface area contributed by atoms with Crippen LogP contribution in [0.4, 0.5) is 0 Å². The van der Waals surface area contributed by atoms with E-state index in [4.69, 9.17) is 0 Å². The first-order valence-electron chi connectivity index (χ1n) is 6.89. The van der Waals surface area contributed by atoms with Gasteiger partial charge >= 0.3 is 11.9 Å². The number of hydrogen-bond donors (Lipinski definition) is 0. The number of hydrogen-bond acceptors (Lipinski definition) is 4. The molecular weight excluding hydrogens is 304 g/mol. The highest BCUT2D eigenvalue weighted by Crippen LogP contribution is 2.01. The van der Waals surface area contributed by atoms with Crippen molar-refractivity contribution in [2.75, 3.05) is 7.11 Å². The van der Waals surface area contributed by atoms with Crippen molar-refractivity contribution in [1.29, 1.82) is 0 Å². The number of carbonyl (C=O) groups is 2. The molecule has 0 aliphatic rings. The summed E-state index contributed by atoms with van der Waals surface area (Å²) in [5, 5.41) is 0. The average Bonchev–Trinajstić information content (AvgIpc) is 2.59. The Morgan fingerprint density at radius 3 is 1.71 bits per heavy atom. The average molecular weight is 341 g/mol. The van der Waals surface area contributed by atoms with Gasteiger partial charge in [0, 0.05) is 58.1 Å². The SMILES string of the molecule is CC#CC#CC#CC#CC#CC#COC(=O)CCCCC(=O)OC.[HH].[HH].[HH].[HH].[HH].[HH].[HH].[HH].[HH].[HH].[HH]. The minimum absolute atomic E-state index is 0. The quantitative estimate of drug-likeness (QED) is 0.432. The van der Waals surface area contributed by atoms with Crippen LogP contribution in [0.2, 0.25) is 0 Å². The zero-order chi connectivity index (χ0) is 17.9. The van der Waals surface area contributed by atoms with Crippen molar-refractivity contribution in [3.8, 4) is 71.2 Å².